The number of hydrogen-bond acceptors (Lipinski definition) is 6. The molecule has 23 heavy (non-hydrogen) atoms. The van der Waals surface area contributed by atoms with Crippen molar-refractivity contribution in [3.8, 4) is 0 Å². The quantitative estimate of drug-likeness (QED) is 0.908. The lowest BCUT2D eigenvalue weighted by molar-refractivity contribution is 0.0696. The second-order valence-corrected chi connectivity index (χ2v) is 5.60. The highest BCUT2D eigenvalue weighted by molar-refractivity contribution is 5.92. The number of aryl methyl sites for hydroxylation is 1. The third kappa shape index (κ3) is 3.45. The maximum Gasteiger partial charge on any atom is 0.341 e. The summed E-state index contributed by atoms with van der Waals surface area (Å²) in [4.78, 5) is 28.0. The number of nitrogens with zero attached hydrogens (tertiary/aromatic N) is 5. The Bertz CT molecular complexity index is 698. The smallest absolute Gasteiger partial charge is 0.341 e. The Balaban J connectivity index is 1.65. The number of aromatic carboxylic acids is 1. The average molecular weight is 313 g/mol. The first-order valence-corrected chi connectivity index (χ1v) is 7.56. The van der Waals surface area contributed by atoms with Gasteiger partial charge in [-0.25, -0.2) is 14.8 Å². The molecule has 2 aromatic rings. The van der Waals surface area contributed by atoms with Gasteiger partial charge in [0, 0.05) is 45.1 Å². The van der Waals surface area contributed by atoms with Gasteiger partial charge < -0.3 is 10.0 Å². The fraction of sp³-hybridized carbons (Fsp3) is 0.375. The number of hydrogen-bond donors (Lipinski definition) is 1. The van der Waals surface area contributed by atoms with Gasteiger partial charge in [0.05, 0.1) is 5.69 Å². The highest BCUT2D eigenvalue weighted by Crippen LogP contribution is 2.19. The van der Waals surface area contributed by atoms with E-state index in [-0.39, 0.29) is 5.56 Å². The van der Waals surface area contributed by atoms with Crippen LogP contribution in [-0.2, 0) is 6.54 Å². The second-order valence-electron chi connectivity index (χ2n) is 5.60. The van der Waals surface area contributed by atoms with E-state index >= 15 is 0 Å². The Hall–Kier alpha value is -2.54. The third-order valence-corrected chi connectivity index (χ3v) is 4.08. The van der Waals surface area contributed by atoms with Crippen LogP contribution in [0.1, 0.15) is 21.6 Å². The molecule has 0 saturated carbocycles. The number of carboxylic acids is 1. The van der Waals surface area contributed by atoms with Crippen molar-refractivity contribution in [2.24, 2.45) is 0 Å². The number of carbonyl (C=O) groups is 1. The van der Waals surface area contributed by atoms with Crippen LogP contribution in [0.4, 0.5) is 5.82 Å². The van der Waals surface area contributed by atoms with Gasteiger partial charge in [-0.15, -0.1) is 0 Å². The topological polar surface area (TPSA) is 82.5 Å². The van der Waals surface area contributed by atoms with Crippen LogP contribution >= 0.6 is 0 Å². The van der Waals surface area contributed by atoms with Crippen LogP contribution < -0.4 is 4.90 Å². The highest BCUT2D eigenvalue weighted by Gasteiger charge is 2.23. The van der Waals surface area contributed by atoms with Crippen LogP contribution in [0.3, 0.4) is 0 Å². The molecule has 0 unspecified atom stereocenters. The SMILES string of the molecule is Cc1cccnc1CN1CCN(c2ncncc2C(=O)O)CC1. The molecule has 0 aliphatic carbocycles. The fourth-order valence-corrected chi connectivity index (χ4v) is 2.74. The van der Waals surface area contributed by atoms with E-state index in [1.165, 1.54) is 18.1 Å². The van der Waals surface area contributed by atoms with Gasteiger partial charge in [-0.1, -0.05) is 6.07 Å². The first-order chi connectivity index (χ1) is 11.1. The summed E-state index contributed by atoms with van der Waals surface area (Å²) in [6.45, 7) is 6.05. The molecule has 1 N–H and O–H groups in total. The lowest BCUT2D eigenvalue weighted by Gasteiger charge is -2.35. The molecule has 1 fully saturated rings. The standard InChI is InChI=1S/C16H19N5O2/c1-12-3-2-4-18-14(12)10-20-5-7-21(8-6-20)15-13(16(22)23)9-17-11-19-15/h2-4,9,11H,5-8,10H2,1H3,(H,22,23). The van der Waals surface area contributed by atoms with Crippen LogP contribution in [-0.4, -0.2) is 57.1 Å². The molecule has 0 atom stereocenters. The Labute approximate surface area is 134 Å². The minimum absolute atomic E-state index is 0.154. The van der Waals surface area contributed by atoms with Crippen molar-refractivity contribution in [3.63, 3.8) is 0 Å². The number of anilines is 1. The Morgan fingerprint density at radius 1 is 1.26 bits per heavy atom. The van der Waals surface area contributed by atoms with Gasteiger partial charge in [-0.3, -0.25) is 9.88 Å². The molecule has 7 heteroatoms. The fourth-order valence-electron chi connectivity index (χ4n) is 2.74. The molecule has 1 saturated heterocycles. The van der Waals surface area contributed by atoms with Gasteiger partial charge in [0.25, 0.3) is 0 Å². The maximum absolute atomic E-state index is 11.3. The summed E-state index contributed by atoms with van der Waals surface area (Å²) in [7, 11) is 0. The largest absolute Gasteiger partial charge is 0.477 e. The van der Waals surface area contributed by atoms with Gasteiger partial charge >= 0.3 is 5.97 Å². The Kier molecular flexibility index (Phi) is 4.47. The predicted molar refractivity (Wildman–Crippen MR) is 85.5 cm³/mol. The van der Waals surface area contributed by atoms with E-state index < -0.39 is 5.97 Å². The summed E-state index contributed by atoms with van der Waals surface area (Å²) in [5, 5.41) is 9.25. The van der Waals surface area contributed by atoms with Crippen molar-refractivity contribution < 1.29 is 9.90 Å². The number of pyridine rings is 1. The molecule has 0 bridgehead atoms. The summed E-state index contributed by atoms with van der Waals surface area (Å²) in [6, 6.07) is 4.01. The molecule has 3 heterocycles. The summed E-state index contributed by atoms with van der Waals surface area (Å²) in [5.41, 5.74) is 2.44. The van der Waals surface area contributed by atoms with Gasteiger partial charge in [0.1, 0.15) is 17.7 Å². The molecular weight excluding hydrogens is 294 g/mol. The van der Waals surface area contributed by atoms with E-state index in [0.717, 1.165) is 38.4 Å². The van der Waals surface area contributed by atoms with Gasteiger partial charge in [0.15, 0.2) is 0 Å². The van der Waals surface area contributed by atoms with E-state index in [9.17, 15) is 9.90 Å². The molecule has 0 amide bonds. The van der Waals surface area contributed by atoms with Crippen LogP contribution in [0.15, 0.2) is 30.9 Å². The first kappa shape index (κ1) is 15.4. The zero-order valence-electron chi connectivity index (χ0n) is 13.0. The van der Waals surface area contributed by atoms with E-state index in [1.54, 1.807) is 0 Å². The second kappa shape index (κ2) is 6.70. The van der Waals surface area contributed by atoms with Gasteiger partial charge in [-0.2, -0.15) is 0 Å². The van der Waals surface area contributed by atoms with Crippen LogP contribution in [0.5, 0.6) is 0 Å². The van der Waals surface area contributed by atoms with E-state index in [1.807, 2.05) is 17.2 Å². The summed E-state index contributed by atoms with van der Waals surface area (Å²) >= 11 is 0. The van der Waals surface area contributed by atoms with Crippen molar-refractivity contribution in [3.05, 3.63) is 47.7 Å². The van der Waals surface area contributed by atoms with Crippen molar-refractivity contribution in [2.45, 2.75) is 13.5 Å². The van der Waals surface area contributed by atoms with Crippen molar-refractivity contribution in [1.29, 1.82) is 0 Å². The Morgan fingerprint density at radius 3 is 2.74 bits per heavy atom. The molecule has 1 aliphatic heterocycles. The van der Waals surface area contributed by atoms with Crippen LogP contribution in [0.25, 0.3) is 0 Å². The van der Waals surface area contributed by atoms with Crippen molar-refractivity contribution in [2.75, 3.05) is 31.1 Å². The zero-order valence-corrected chi connectivity index (χ0v) is 13.0. The molecule has 1 aliphatic rings. The van der Waals surface area contributed by atoms with Crippen molar-refractivity contribution in [1.82, 2.24) is 19.9 Å². The monoisotopic (exact) mass is 313 g/mol. The molecule has 120 valence electrons. The van der Waals surface area contributed by atoms with E-state index in [0.29, 0.717) is 5.82 Å². The number of carboxylic acid groups (broad SMARTS) is 1. The summed E-state index contributed by atoms with van der Waals surface area (Å²) in [5.74, 6) is -0.492. The first-order valence-electron chi connectivity index (χ1n) is 7.56. The lowest BCUT2D eigenvalue weighted by atomic mass is 10.2. The zero-order chi connectivity index (χ0) is 16.2. The average Bonchev–Trinajstić information content (AvgIpc) is 2.58. The van der Waals surface area contributed by atoms with E-state index in [4.69, 9.17) is 0 Å². The normalized spacial score (nSPS) is 15.6. The molecule has 0 spiro atoms. The lowest BCUT2D eigenvalue weighted by Crippen LogP contribution is -2.46. The molecule has 0 radical (unpaired) electrons. The van der Waals surface area contributed by atoms with Crippen LogP contribution in [0.2, 0.25) is 0 Å². The number of rotatable bonds is 4. The Morgan fingerprint density at radius 2 is 2.04 bits per heavy atom. The number of piperazine rings is 1. The maximum atomic E-state index is 11.3. The highest BCUT2D eigenvalue weighted by atomic mass is 16.4. The number of aromatic nitrogens is 3. The van der Waals surface area contributed by atoms with E-state index in [2.05, 4.69) is 32.8 Å². The van der Waals surface area contributed by atoms with Gasteiger partial charge in [-0.05, 0) is 18.6 Å². The van der Waals surface area contributed by atoms with Gasteiger partial charge in [0.2, 0.25) is 0 Å². The predicted octanol–water partition coefficient (Wildman–Crippen LogP) is 1.20. The minimum Gasteiger partial charge on any atom is -0.477 e. The van der Waals surface area contributed by atoms with Crippen LogP contribution in [0, 0.1) is 6.92 Å². The third-order valence-electron chi connectivity index (χ3n) is 4.08. The molecule has 0 aromatic carbocycles. The van der Waals surface area contributed by atoms with Crippen molar-refractivity contribution >= 4 is 11.8 Å². The molecule has 7 nitrogen and oxygen atoms in total. The minimum atomic E-state index is -0.993. The summed E-state index contributed by atoms with van der Waals surface area (Å²) < 4.78 is 0. The summed E-state index contributed by atoms with van der Waals surface area (Å²) in [6.07, 6.45) is 4.57. The molecular formula is C16H19N5O2. The molecule has 2 aromatic heterocycles. The molecule has 3 rings (SSSR count).